The number of primary amides is 1. The molecule has 2 aromatic carbocycles. The lowest BCUT2D eigenvalue weighted by molar-refractivity contribution is 0.0633. The van der Waals surface area contributed by atoms with Crippen LogP contribution in [0.4, 0.5) is 10.5 Å². The first-order chi connectivity index (χ1) is 15.8. The van der Waals surface area contributed by atoms with Crippen molar-refractivity contribution in [3.63, 3.8) is 0 Å². The molecule has 1 saturated heterocycles. The number of methoxy groups -OCH3 is 1. The Morgan fingerprint density at radius 2 is 1.88 bits per heavy atom. The van der Waals surface area contributed by atoms with E-state index in [4.69, 9.17) is 44.1 Å². The van der Waals surface area contributed by atoms with Crippen LogP contribution in [0.15, 0.2) is 36.4 Å². The van der Waals surface area contributed by atoms with Gasteiger partial charge in [-0.05, 0) is 44.0 Å². The highest BCUT2D eigenvalue weighted by molar-refractivity contribution is 6.33. The van der Waals surface area contributed by atoms with E-state index in [0.29, 0.717) is 46.1 Å². The Hall–Kier alpha value is -2.68. The van der Waals surface area contributed by atoms with Crippen molar-refractivity contribution in [3.05, 3.63) is 57.6 Å². The third-order valence-electron chi connectivity index (χ3n) is 5.76. The molecule has 2 amide bonds. The van der Waals surface area contributed by atoms with Crippen LogP contribution >= 0.6 is 23.2 Å². The van der Waals surface area contributed by atoms with Gasteiger partial charge in [0.1, 0.15) is 11.9 Å². The SMILES string of the molecule is COc1cc(Cl)c(N)cc1C(=O)NCC1CCN(CC(OC(N)=O)c2ccccc2Cl)CC1. The number of amides is 2. The summed E-state index contributed by atoms with van der Waals surface area (Å²) in [5, 5.41) is 3.83. The average molecular weight is 495 g/mol. The van der Waals surface area contributed by atoms with E-state index in [0.717, 1.165) is 31.5 Å². The first-order valence-corrected chi connectivity index (χ1v) is 11.4. The lowest BCUT2D eigenvalue weighted by Gasteiger charge is -2.34. The molecule has 0 spiro atoms. The highest BCUT2D eigenvalue weighted by Gasteiger charge is 2.26. The predicted octanol–water partition coefficient (Wildman–Crippen LogP) is 3.86. The molecule has 5 N–H and O–H groups in total. The quantitative estimate of drug-likeness (QED) is 0.479. The van der Waals surface area contributed by atoms with E-state index in [9.17, 15) is 9.59 Å². The van der Waals surface area contributed by atoms with Crippen molar-refractivity contribution in [1.82, 2.24) is 10.2 Å². The fourth-order valence-electron chi connectivity index (χ4n) is 3.93. The lowest BCUT2D eigenvalue weighted by Crippen LogP contribution is -2.41. The standard InChI is InChI=1S/C23H28Cl2N4O4/c1-32-20-11-18(25)19(26)10-16(20)22(30)28-12-14-6-8-29(9-7-14)13-21(33-23(27)31)15-4-2-3-5-17(15)24/h2-5,10-11,14,21H,6-9,12-13,26H2,1H3,(H2,27,31)(H,28,30). The predicted molar refractivity (Wildman–Crippen MR) is 129 cm³/mol. The van der Waals surface area contributed by atoms with Crippen LogP contribution in [0.5, 0.6) is 5.75 Å². The van der Waals surface area contributed by atoms with Gasteiger partial charge in [0.15, 0.2) is 0 Å². The Morgan fingerprint density at radius 3 is 2.52 bits per heavy atom. The van der Waals surface area contributed by atoms with Crippen LogP contribution in [0, 0.1) is 5.92 Å². The van der Waals surface area contributed by atoms with Gasteiger partial charge < -0.3 is 26.3 Å². The summed E-state index contributed by atoms with van der Waals surface area (Å²) in [4.78, 5) is 26.3. The van der Waals surface area contributed by atoms with E-state index in [2.05, 4.69) is 10.2 Å². The van der Waals surface area contributed by atoms with Crippen LogP contribution in [0.2, 0.25) is 10.0 Å². The van der Waals surface area contributed by atoms with E-state index < -0.39 is 12.2 Å². The lowest BCUT2D eigenvalue weighted by atomic mass is 9.96. The molecule has 1 atom stereocenters. The number of carbonyl (C=O) groups excluding carboxylic acids is 2. The molecule has 1 unspecified atom stereocenters. The van der Waals surface area contributed by atoms with Gasteiger partial charge in [-0.1, -0.05) is 41.4 Å². The first kappa shape index (κ1) is 25.0. The van der Waals surface area contributed by atoms with Gasteiger partial charge >= 0.3 is 6.09 Å². The molecule has 8 nitrogen and oxygen atoms in total. The Morgan fingerprint density at radius 1 is 1.18 bits per heavy atom. The smallest absolute Gasteiger partial charge is 0.405 e. The van der Waals surface area contributed by atoms with Gasteiger partial charge in [-0.3, -0.25) is 9.69 Å². The van der Waals surface area contributed by atoms with E-state index in [1.54, 1.807) is 6.07 Å². The number of hydrogen-bond donors (Lipinski definition) is 3. The molecule has 33 heavy (non-hydrogen) atoms. The number of likely N-dealkylation sites (tertiary alicyclic amines) is 1. The van der Waals surface area contributed by atoms with Gasteiger partial charge in [-0.2, -0.15) is 0 Å². The molecule has 1 aliphatic heterocycles. The highest BCUT2D eigenvalue weighted by atomic mass is 35.5. The van der Waals surface area contributed by atoms with E-state index >= 15 is 0 Å². The molecular weight excluding hydrogens is 467 g/mol. The number of anilines is 1. The second-order valence-corrected chi connectivity index (χ2v) is 8.79. The minimum atomic E-state index is -0.837. The molecule has 1 heterocycles. The number of ether oxygens (including phenoxy) is 2. The van der Waals surface area contributed by atoms with Crippen molar-refractivity contribution >= 4 is 40.9 Å². The zero-order chi connectivity index (χ0) is 24.0. The van der Waals surface area contributed by atoms with Crippen molar-refractivity contribution in [1.29, 1.82) is 0 Å². The Bertz CT molecular complexity index is 996. The number of halogens is 2. The van der Waals surface area contributed by atoms with Crippen LogP contribution in [-0.2, 0) is 4.74 Å². The van der Waals surface area contributed by atoms with Crippen molar-refractivity contribution in [2.45, 2.75) is 18.9 Å². The topological polar surface area (TPSA) is 120 Å². The van der Waals surface area contributed by atoms with Crippen LogP contribution in [0.3, 0.4) is 0 Å². The summed E-state index contributed by atoms with van der Waals surface area (Å²) in [5.74, 6) is 0.435. The highest BCUT2D eigenvalue weighted by Crippen LogP contribution is 2.30. The number of hydrogen-bond acceptors (Lipinski definition) is 6. The number of nitrogens with zero attached hydrogens (tertiary/aromatic N) is 1. The molecule has 2 aromatic rings. The summed E-state index contributed by atoms with van der Waals surface area (Å²) >= 11 is 12.3. The van der Waals surface area contributed by atoms with Crippen molar-refractivity contribution in [2.24, 2.45) is 11.7 Å². The summed E-state index contributed by atoms with van der Waals surface area (Å²) in [6, 6.07) is 10.3. The molecule has 10 heteroatoms. The van der Waals surface area contributed by atoms with Gasteiger partial charge in [0, 0.05) is 29.7 Å². The molecule has 178 valence electrons. The summed E-state index contributed by atoms with van der Waals surface area (Å²) < 4.78 is 10.6. The molecular formula is C23H28Cl2N4O4. The largest absolute Gasteiger partial charge is 0.496 e. The summed E-state index contributed by atoms with van der Waals surface area (Å²) in [5.41, 5.74) is 12.5. The van der Waals surface area contributed by atoms with Crippen molar-refractivity contribution < 1.29 is 19.1 Å². The Kier molecular flexibility index (Phi) is 8.66. The third-order valence-corrected chi connectivity index (χ3v) is 6.43. The summed E-state index contributed by atoms with van der Waals surface area (Å²) in [6.45, 7) is 2.61. The number of rotatable bonds is 8. The summed E-state index contributed by atoms with van der Waals surface area (Å²) in [7, 11) is 1.48. The number of benzene rings is 2. The van der Waals surface area contributed by atoms with E-state index in [-0.39, 0.29) is 5.91 Å². The fraction of sp³-hybridized carbons (Fsp3) is 0.391. The van der Waals surface area contributed by atoms with Gasteiger partial charge in [0.2, 0.25) is 0 Å². The Balaban J connectivity index is 1.53. The third kappa shape index (κ3) is 6.66. The van der Waals surface area contributed by atoms with E-state index in [1.807, 2.05) is 18.2 Å². The monoisotopic (exact) mass is 494 g/mol. The maximum Gasteiger partial charge on any atom is 0.405 e. The maximum atomic E-state index is 12.7. The van der Waals surface area contributed by atoms with Gasteiger partial charge in [-0.25, -0.2) is 4.79 Å². The first-order valence-electron chi connectivity index (χ1n) is 10.6. The molecule has 0 saturated carbocycles. The summed E-state index contributed by atoms with van der Waals surface area (Å²) in [6.07, 6.45) is 0.379. The van der Waals surface area contributed by atoms with Gasteiger partial charge in [-0.15, -0.1) is 0 Å². The minimum Gasteiger partial charge on any atom is -0.496 e. The molecule has 0 bridgehead atoms. The molecule has 1 fully saturated rings. The van der Waals surface area contributed by atoms with Crippen LogP contribution in [0.1, 0.15) is 34.9 Å². The number of nitrogen functional groups attached to an aromatic ring is 1. The number of carbonyl (C=O) groups is 2. The number of nitrogens with two attached hydrogens (primary N) is 2. The maximum absolute atomic E-state index is 12.7. The number of piperidine rings is 1. The molecule has 0 aromatic heterocycles. The number of nitrogens with one attached hydrogen (secondary N) is 1. The van der Waals surface area contributed by atoms with Crippen LogP contribution < -0.4 is 21.5 Å². The van der Waals surface area contributed by atoms with Crippen molar-refractivity contribution in [2.75, 3.05) is 39.0 Å². The molecule has 0 aliphatic carbocycles. The van der Waals surface area contributed by atoms with Crippen molar-refractivity contribution in [3.8, 4) is 5.75 Å². The molecule has 0 radical (unpaired) electrons. The zero-order valence-electron chi connectivity index (χ0n) is 18.4. The van der Waals surface area contributed by atoms with Crippen LogP contribution in [-0.4, -0.2) is 50.2 Å². The van der Waals surface area contributed by atoms with Gasteiger partial charge in [0.05, 0.1) is 23.4 Å². The molecule has 3 rings (SSSR count). The van der Waals surface area contributed by atoms with Gasteiger partial charge in [0.25, 0.3) is 5.91 Å². The molecule has 1 aliphatic rings. The Labute approximate surface area is 203 Å². The fourth-order valence-corrected chi connectivity index (χ4v) is 4.34. The van der Waals surface area contributed by atoms with Crippen LogP contribution in [0.25, 0.3) is 0 Å². The zero-order valence-corrected chi connectivity index (χ0v) is 19.9. The normalized spacial score (nSPS) is 15.6. The second kappa shape index (κ2) is 11.4. The average Bonchev–Trinajstić information content (AvgIpc) is 2.79. The second-order valence-electron chi connectivity index (χ2n) is 7.98. The minimum absolute atomic E-state index is 0.258. The van der Waals surface area contributed by atoms with E-state index in [1.165, 1.54) is 19.2 Å².